The molecule has 3 nitrogen and oxygen atoms in total. The number of carbonyl (C=O) groups excluding carboxylic acids is 1. The van der Waals surface area contributed by atoms with Crippen LogP contribution in [0, 0.1) is 11.2 Å². The van der Waals surface area contributed by atoms with Gasteiger partial charge in [0.2, 0.25) is 5.91 Å². The van der Waals surface area contributed by atoms with Crippen molar-refractivity contribution in [2.75, 3.05) is 6.54 Å². The lowest BCUT2D eigenvalue weighted by molar-refractivity contribution is -0.131. The molecule has 1 rings (SSSR count). The summed E-state index contributed by atoms with van der Waals surface area (Å²) in [4.78, 5) is 12.3. The molecule has 4 heteroatoms. The minimum atomic E-state index is -0.526. The second-order valence-corrected chi connectivity index (χ2v) is 4.94. The lowest BCUT2D eigenvalue weighted by atomic mass is 9.81. The van der Waals surface area contributed by atoms with E-state index >= 15 is 0 Å². The summed E-state index contributed by atoms with van der Waals surface area (Å²) in [7, 11) is 0. The van der Waals surface area contributed by atoms with Crippen LogP contribution in [0.15, 0.2) is 24.3 Å². The second kappa shape index (κ2) is 6.66. The summed E-state index contributed by atoms with van der Waals surface area (Å²) in [5.74, 6) is -0.355. The maximum Gasteiger partial charge on any atom is 0.227 e. The fourth-order valence-electron chi connectivity index (χ4n) is 2.16. The van der Waals surface area contributed by atoms with Crippen molar-refractivity contribution in [1.82, 2.24) is 5.32 Å². The molecule has 0 spiro atoms. The van der Waals surface area contributed by atoms with E-state index in [0.717, 1.165) is 5.56 Å². The van der Waals surface area contributed by atoms with Gasteiger partial charge in [-0.1, -0.05) is 26.0 Å². The Hall–Kier alpha value is -1.42. The first kappa shape index (κ1) is 15.6. The molecule has 1 unspecified atom stereocenters. The smallest absolute Gasteiger partial charge is 0.227 e. The number of halogens is 1. The fraction of sp³-hybridized carbons (Fsp3) is 0.533. The first-order chi connectivity index (χ1) is 8.99. The molecular formula is C15H23FN2O. The lowest BCUT2D eigenvalue weighted by Gasteiger charge is -2.30. The first-order valence-corrected chi connectivity index (χ1v) is 6.75. The van der Waals surface area contributed by atoms with Gasteiger partial charge in [-0.15, -0.1) is 0 Å². The minimum Gasteiger partial charge on any atom is -0.349 e. The van der Waals surface area contributed by atoms with Crippen LogP contribution in [0.3, 0.4) is 0 Å². The highest BCUT2D eigenvalue weighted by Crippen LogP contribution is 2.26. The van der Waals surface area contributed by atoms with Crippen molar-refractivity contribution < 1.29 is 9.18 Å². The van der Waals surface area contributed by atoms with Gasteiger partial charge in [-0.25, -0.2) is 4.39 Å². The molecule has 0 heterocycles. The molecule has 106 valence electrons. The lowest BCUT2D eigenvalue weighted by Crippen LogP contribution is -2.46. The van der Waals surface area contributed by atoms with Crippen LogP contribution >= 0.6 is 0 Å². The van der Waals surface area contributed by atoms with Gasteiger partial charge in [-0.2, -0.15) is 0 Å². The summed E-state index contributed by atoms with van der Waals surface area (Å²) in [5.41, 5.74) is 5.98. The Bertz CT molecular complexity index is 422. The van der Waals surface area contributed by atoms with E-state index in [9.17, 15) is 9.18 Å². The van der Waals surface area contributed by atoms with Gasteiger partial charge >= 0.3 is 0 Å². The van der Waals surface area contributed by atoms with Gasteiger partial charge in [0.05, 0.1) is 11.5 Å². The Morgan fingerprint density at radius 1 is 1.42 bits per heavy atom. The molecule has 3 N–H and O–H groups in total. The van der Waals surface area contributed by atoms with Crippen LogP contribution in [0.4, 0.5) is 4.39 Å². The highest BCUT2D eigenvalue weighted by atomic mass is 19.1. The van der Waals surface area contributed by atoms with E-state index in [2.05, 4.69) is 5.32 Å². The minimum absolute atomic E-state index is 0.0586. The maximum absolute atomic E-state index is 13.2. The van der Waals surface area contributed by atoms with E-state index < -0.39 is 5.41 Å². The quantitative estimate of drug-likeness (QED) is 0.832. The van der Waals surface area contributed by atoms with E-state index in [-0.39, 0.29) is 17.8 Å². The monoisotopic (exact) mass is 266 g/mol. The molecule has 1 amide bonds. The molecule has 0 aliphatic carbocycles. The number of nitrogens with two attached hydrogens (primary N) is 1. The Morgan fingerprint density at radius 3 is 2.53 bits per heavy atom. The fourth-order valence-corrected chi connectivity index (χ4v) is 2.16. The molecule has 1 aromatic carbocycles. The van der Waals surface area contributed by atoms with Crippen molar-refractivity contribution >= 4 is 5.91 Å². The zero-order chi connectivity index (χ0) is 14.5. The number of benzene rings is 1. The summed E-state index contributed by atoms with van der Waals surface area (Å²) < 4.78 is 13.2. The largest absolute Gasteiger partial charge is 0.349 e. The van der Waals surface area contributed by atoms with Gasteiger partial charge in [0.15, 0.2) is 0 Å². The van der Waals surface area contributed by atoms with Crippen molar-refractivity contribution in [3.8, 4) is 0 Å². The average molecular weight is 266 g/mol. The van der Waals surface area contributed by atoms with E-state index in [0.29, 0.717) is 19.4 Å². The van der Waals surface area contributed by atoms with Crippen molar-refractivity contribution in [3.05, 3.63) is 35.6 Å². The number of nitrogens with one attached hydrogen (secondary N) is 1. The Kier molecular flexibility index (Phi) is 5.48. The molecule has 0 saturated heterocycles. The number of rotatable bonds is 6. The standard InChI is InChI=1S/C15H23FN2O/c1-4-15(5-2,10-17)14(19)18-11(3)12-7-6-8-13(16)9-12/h6-9,11H,4-5,10,17H2,1-3H3,(H,18,19). The predicted octanol–water partition coefficient (Wildman–Crippen LogP) is 2.77. The highest BCUT2D eigenvalue weighted by Gasteiger charge is 2.33. The third kappa shape index (κ3) is 3.53. The van der Waals surface area contributed by atoms with Gasteiger partial charge in [-0.3, -0.25) is 4.79 Å². The number of carbonyl (C=O) groups is 1. The molecule has 19 heavy (non-hydrogen) atoms. The van der Waals surface area contributed by atoms with E-state index in [1.54, 1.807) is 12.1 Å². The molecule has 0 radical (unpaired) electrons. The van der Waals surface area contributed by atoms with Gasteiger partial charge in [0.25, 0.3) is 0 Å². The van der Waals surface area contributed by atoms with Crippen molar-refractivity contribution in [2.24, 2.45) is 11.1 Å². The van der Waals surface area contributed by atoms with Gasteiger partial charge in [0, 0.05) is 6.54 Å². The summed E-state index contributed by atoms with van der Waals surface area (Å²) in [5, 5.41) is 2.93. The highest BCUT2D eigenvalue weighted by molar-refractivity contribution is 5.83. The average Bonchev–Trinajstić information content (AvgIpc) is 2.41. The van der Waals surface area contributed by atoms with E-state index in [1.807, 2.05) is 20.8 Å². The summed E-state index contributed by atoms with van der Waals surface area (Å²) >= 11 is 0. The number of amides is 1. The summed E-state index contributed by atoms with van der Waals surface area (Å²) in [6.07, 6.45) is 1.39. The zero-order valence-electron chi connectivity index (χ0n) is 11.9. The summed E-state index contributed by atoms with van der Waals surface area (Å²) in [6.45, 7) is 6.09. The Balaban J connectivity index is 2.81. The van der Waals surface area contributed by atoms with Gasteiger partial charge < -0.3 is 11.1 Å². The molecule has 1 aromatic rings. The number of hydrogen-bond acceptors (Lipinski definition) is 2. The first-order valence-electron chi connectivity index (χ1n) is 6.75. The Morgan fingerprint density at radius 2 is 2.05 bits per heavy atom. The van der Waals surface area contributed by atoms with Crippen LogP contribution in [-0.4, -0.2) is 12.5 Å². The topological polar surface area (TPSA) is 55.1 Å². The molecule has 0 saturated carbocycles. The van der Waals surface area contributed by atoms with Crippen LogP contribution < -0.4 is 11.1 Å². The third-order valence-electron chi connectivity index (χ3n) is 3.92. The summed E-state index contributed by atoms with van der Waals surface area (Å²) in [6, 6.07) is 6.04. The van der Waals surface area contributed by atoms with Crippen LogP contribution in [-0.2, 0) is 4.79 Å². The van der Waals surface area contributed by atoms with Crippen molar-refractivity contribution in [2.45, 2.75) is 39.7 Å². The molecule has 0 bridgehead atoms. The zero-order valence-corrected chi connectivity index (χ0v) is 11.9. The van der Waals surface area contributed by atoms with Crippen LogP contribution in [0.5, 0.6) is 0 Å². The van der Waals surface area contributed by atoms with Gasteiger partial charge in [0.1, 0.15) is 5.82 Å². The van der Waals surface area contributed by atoms with Gasteiger partial charge in [-0.05, 0) is 37.5 Å². The molecule has 0 aromatic heterocycles. The predicted molar refractivity (Wildman–Crippen MR) is 75.0 cm³/mol. The molecule has 0 fully saturated rings. The number of hydrogen-bond donors (Lipinski definition) is 2. The third-order valence-corrected chi connectivity index (χ3v) is 3.92. The molecule has 0 aliphatic rings. The van der Waals surface area contributed by atoms with E-state index in [4.69, 9.17) is 5.73 Å². The Labute approximate surface area is 114 Å². The second-order valence-electron chi connectivity index (χ2n) is 4.94. The normalized spacial score (nSPS) is 13.1. The molecule has 1 atom stereocenters. The maximum atomic E-state index is 13.2. The molecular weight excluding hydrogens is 243 g/mol. The van der Waals surface area contributed by atoms with Crippen LogP contribution in [0.25, 0.3) is 0 Å². The van der Waals surface area contributed by atoms with Crippen molar-refractivity contribution in [1.29, 1.82) is 0 Å². The molecule has 0 aliphatic heterocycles. The van der Waals surface area contributed by atoms with Crippen LogP contribution in [0.1, 0.15) is 45.2 Å². The SMILES string of the molecule is CCC(CC)(CN)C(=O)NC(C)c1cccc(F)c1. The van der Waals surface area contributed by atoms with Crippen LogP contribution in [0.2, 0.25) is 0 Å². The van der Waals surface area contributed by atoms with Crippen molar-refractivity contribution in [3.63, 3.8) is 0 Å². The van der Waals surface area contributed by atoms with E-state index in [1.165, 1.54) is 12.1 Å².